The molecule has 0 bridgehead atoms. The van der Waals surface area contributed by atoms with Crippen molar-refractivity contribution in [1.82, 2.24) is 5.32 Å². The van der Waals surface area contributed by atoms with E-state index < -0.39 is 0 Å². The van der Waals surface area contributed by atoms with Gasteiger partial charge in [-0.3, -0.25) is 10.1 Å². The number of aliphatic hydroxyl groups excluding tert-OH is 1. The largest absolute Gasteiger partial charge is 0.393 e. The van der Waals surface area contributed by atoms with Crippen LogP contribution in [0.2, 0.25) is 0 Å². The van der Waals surface area contributed by atoms with Crippen molar-refractivity contribution < 1.29 is 10.0 Å². The van der Waals surface area contributed by atoms with E-state index in [-0.39, 0.29) is 16.7 Å². The van der Waals surface area contributed by atoms with Gasteiger partial charge in [0.15, 0.2) is 0 Å². The van der Waals surface area contributed by atoms with Crippen molar-refractivity contribution in [2.75, 3.05) is 13.1 Å². The molecule has 0 spiro atoms. The average Bonchev–Trinajstić information content (AvgIpc) is 2.37. The van der Waals surface area contributed by atoms with Crippen LogP contribution in [0.15, 0.2) is 30.3 Å². The summed E-state index contributed by atoms with van der Waals surface area (Å²) in [6.07, 6.45) is 4.11. The number of hydrogen-bond acceptors (Lipinski definition) is 4. The molecule has 0 fully saturated rings. The van der Waals surface area contributed by atoms with Gasteiger partial charge in [-0.15, -0.1) is 0 Å². The molecule has 5 nitrogen and oxygen atoms in total. The molecule has 1 rings (SSSR count). The first kappa shape index (κ1) is 16.3. The van der Waals surface area contributed by atoms with E-state index in [1.807, 2.05) is 6.08 Å². The molecule has 0 radical (unpaired) electrons. The molecule has 2 N–H and O–H groups in total. The van der Waals surface area contributed by atoms with E-state index in [9.17, 15) is 15.2 Å². The molecule has 0 amide bonds. The van der Waals surface area contributed by atoms with Gasteiger partial charge in [0.2, 0.25) is 0 Å². The Bertz CT molecular complexity index is 458. The molecule has 0 aliphatic rings. The van der Waals surface area contributed by atoms with Crippen LogP contribution < -0.4 is 5.32 Å². The maximum Gasteiger partial charge on any atom is 0.276 e. The van der Waals surface area contributed by atoms with Crippen LogP contribution in [-0.4, -0.2) is 29.2 Å². The van der Waals surface area contributed by atoms with E-state index in [1.165, 1.54) is 6.07 Å². The Hall–Kier alpha value is -1.72. The van der Waals surface area contributed by atoms with Crippen molar-refractivity contribution in [2.24, 2.45) is 5.92 Å². The summed E-state index contributed by atoms with van der Waals surface area (Å²) in [5.41, 5.74) is 0.725. The molecule has 0 saturated carbocycles. The van der Waals surface area contributed by atoms with Gasteiger partial charge in [0.25, 0.3) is 5.69 Å². The van der Waals surface area contributed by atoms with Crippen LogP contribution >= 0.6 is 0 Å². The van der Waals surface area contributed by atoms with Gasteiger partial charge in [0.1, 0.15) is 0 Å². The molecule has 2 unspecified atom stereocenters. The lowest BCUT2D eigenvalue weighted by molar-refractivity contribution is -0.385. The molecular formula is C15H22N2O3. The minimum atomic E-state index is -0.377. The third-order valence-electron chi connectivity index (χ3n) is 2.93. The highest BCUT2D eigenvalue weighted by Gasteiger charge is 2.09. The summed E-state index contributed by atoms with van der Waals surface area (Å²) >= 11 is 0. The van der Waals surface area contributed by atoms with E-state index in [0.29, 0.717) is 18.0 Å². The van der Waals surface area contributed by atoms with Crippen molar-refractivity contribution in [2.45, 2.75) is 26.4 Å². The quantitative estimate of drug-likeness (QED) is 0.435. The fraction of sp³-hybridized carbons (Fsp3) is 0.467. The summed E-state index contributed by atoms with van der Waals surface area (Å²) in [7, 11) is 0. The Morgan fingerprint density at radius 2 is 2.10 bits per heavy atom. The lowest BCUT2D eigenvalue weighted by Gasteiger charge is -2.13. The topological polar surface area (TPSA) is 75.4 Å². The maximum atomic E-state index is 10.8. The fourth-order valence-corrected chi connectivity index (χ4v) is 2.06. The molecule has 0 aromatic heterocycles. The predicted octanol–water partition coefficient (Wildman–Crippen LogP) is 2.60. The molecule has 2 atom stereocenters. The van der Waals surface area contributed by atoms with Gasteiger partial charge in [0, 0.05) is 12.6 Å². The predicted molar refractivity (Wildman–Crippen MR) is 80.5 cm³/mol. The highest BCUT2D eigenvalue weighted by Crippen LogP contribution is 2.18. The number of para-hydroxylation sites is 1. The summed E-state index contributed by atoms with van der Waals surface area (Å²) < 4.78 is 0. The number of nitrogens with zero attached hydrogens (tertiary/aromatic N) is 1. The first-order valence-corrected chi connectivity index (χ1v) is 6.79. The molecule has 0 heterocycles. The second-order valence-corrected chi connectivity index (χ2v) is 5.07. The Morgan fingerprint density at radius 3 is 2.75 bits per heavy atom. The summed E-state index contributed by atoms with van der Waals surface area (Å²) in [6.45, 7) is 5.32. The first-order chi connectivity index (χ1) is 9.50. The standard InChI is InChI=1S/C15H22N2O3/c1-12(10-13(2)18)11-16-9-5-7-14-6-3-4-8-15(14)17(19)20/h3-8,12-13,16,18H,9-11H2,1-2H3/b7-5+. The minimum absolute atomic E-state index is 0.117. The van der Waals surface area contributed by atoms with Crippen molar-refractivity contribution in [3.63, 3.8) is 0 Å². The van der Waals surface area contributed by atoms with Crippen molar-refractivity contribution in [3.05, 3.63) is 46.0 Å². The number of nitro benzene ring substituents is 1. The highest BCUT2D eigenvalue weighted by molar-refractivity contribution is 5.60. The van der Waals surface area contributed by atoms with Crippen LogP contribution in [0.5, 0.6) is 0 Å². The Labute approximate surface area is 119 Å². The van der Waals surface area contributed by atoms with E-state index >= 15 is 0 Å². The molecule has 5 heteroatoms. The van der Waals surface area contributed by atoms with E-state index in [0.717, 1.165) is 13.0 Å². The zero-order valence-corrected chi connectivity index (χ0v) is 12.0. The lowest BCUT2D eigenvalue weighted by atomic mass is 10.0. The Morgan fingerprint density at radius 1 is 1.40 bits per heavy atom. The van der Waals surface area contributed by atoms with Crippen LogP contribution in [0.1, 0.15) is 25.8 Å². The van der Waals surface area contributed by atoms with Gasteiger partial charge in [-0.05, 0) is 31.9 Å². The molecule has 0 saturated heterocycles. The van der Waals surface area contributed by atoms with Crippen LogP contribution in [0.4, 0.5) is 5.69 Å². The lowest BCUT2D eigenvalue weighted by Crippen LogP contribution is -2.23. The zero-order chi connectivity index (χ0) is 15.0. The number of nitrogens with one attached hydrogen (secondary N) is 1. The summed E-state index contributed by atoms with van der Waals surface area (Å²) in [5, 5.41) is 23.3. The van der Waals surface area contributed by atoms with Gasteiger partial charge in [0.05, 0.1) is 16.6 Å². The molecule has 110 valence electrons. The van der Waals surface area contributed by atoms with E-state index in [2.05, 4.69) is 12.2 Å². The number of aliphatic hydroxyl groups is 1. The normalized spacial score (nSPS) is 14.3. The monoisotopic (exact) mass is 278 g/mol. The minimum Gasteiger partial charge on any atom is -0.393 e. The van der Waals surface area contributed by atoms with Crippen molar-refractivity contribution in [1.29, 1.82) is 0 Å². The van der Waals surface area contributed by atoms with Crippen LogP contribution in [0.3, 0.4) is 0 Å². The second-order valence-electron chi connectivity index (χ2n) is 5.07. The Balaban J connectivity index is 2.40. The van der Waals surface area contributed by atoms with E-state index in [4.69, 9.17) is 0 Å². The second kappa shape index (κ2) is 8.45. The fourth-order valence-electron chi connectivity index (χ4n) is 2.06. The van der Waals surface area contributed by atoms with Gasteiger partial charge < -0.3 is 10.4 Å². The maximum absolute atomic E-state index is 10.8. The molecule has 0 aliphatic heterocycles. The summed E-state index contributed by atoms with van der Waals surface area (Å²) in [5.74, 6) is 0.398. The van der Waals surface area contributed by atoms with Crippen LogP contribution in [0.25, 0.3) is 6.08 Å². The molecule has 1 aromatic rings. The number of rotatable bonds is 8. The smallest absolute Gasteiger partial charge is 0.276 e. The van der Waals surface area contributed by atoms with Crippen LogP contribution in [0, 0.1) is 16.0 Å². The number of benzene rings is 1. The number of hydrogen-bond donors (Lipinski definition) is 2. The Kier molecular flexibility index (Phi) is 6.90. The van der Waals surface area contributed by atoms with Gasteiger partial charge in [-0.2, -0.15) is 0 Å². The first-order valence-electron chi connectivity index (χ1n) is 6.79. The average molecular weight is 278 g/mol. The molecule has 20 heavy (non-hydrogen) atoms. The van der Waals surface area contributed by atoms with Gasteiger partial charge in [-0.25, -0.2) is 0 Å². The summed E-state index contributed by atoms with van der Waals surface area (Å²) in [4.78, 5) is 10.5. The third kappa shape index (κ3) is 5.95. The van der Waals surface area contributed by atoms with Crippen molar-refractivity contribution in [3.8, 4) is 0 Å². The van der Waals surface area contributed by atoms with Gasteiger partial charge >= 0.3 is 0 Å². The number of nitro groups is 1. The highest BCUT2D eigenvalue weighted by atomic mass is 16.6. The van der Waals surface area contributed by atoms with Crippen molar-refractivity contribution >= 4 is 11.8 Å². The zero-order valence-electron chi connectivity index (χ0n) is 12.0. The van der Waals surface area contributed by atoms with E-state index in [1.54, 1.807) is 31.2 Å². The van der Waals surface area contributed by atoms with Gasteiger partial charge in [-0.1, -0.05) is 31.2 Å². The molecular weight excluding hydrogens is 256 g/mol. The summed E-state index contributed by atoms with van der Waals surface area (Å²) in [6, 6.07) is 6.67. The SMILES string of the molecule is CC(O)CC(C)CNC/C=C/c1ccccc1[N+](=O)[O-]. The van der Waals surface area contributed by atoms with Crippen LogP contribution in [-0.2, 0) is 0 Å². The third-order valence-corrected chi connectivity index (χ3v) is 2.93. The molecule has 1 aromatic carbocycles. The molecule has 0 aliphatic carbocycles.